The monoisotopic (exact) mass is 393 g/mol. The second-order valence-corrected chi connectivity index (χ2v) is 6.92. The van der Waals surface area contributed by atoms with E-state index in [1.807, 2.05) is 63.2 Å². The van der Waals surface area contributed by atoms with Gasteiger partial charge in [-0.1, -0.05) is 37.3 Å². The summed E-state index contributed by atoms with van der Waals surface area (Å²) in [5, 5.41) is 12.1. The highest BCUT2D eigenvalue weighted by Gasteiger charge is 2.16. The Labute approximate surface area is 171 Å². The number of amides is 1. The zero-order chi connectivity index (χ0) is 21.4. The summed E-state index contributed by atoms with van der Waals surface area (Å²) in [7, 11) is 0. The summed E-state index contributed by atoms with van der Waals surface area (Å²) >= 11 is 0. The molecule has 0 saturated heterocycles. The number of carbonyl (C=O) groups excluding carboxylic acids is 2. The molecule has 0 aliphatic rings. The Hall–Kier alpha value is -3.33. The quantitative estimate of drug-likeness (QED) is 0.419. The van der Waals surface area contributed by atoms with Crippen LogP contribution >= 0.6 is 0 Å². The third kappa shape index (κ3) is 5.82. The van der Waals surface area contributed by atoms with Crippen molar-refractivity contribution >= 4 is 18.0 Å². The van der Waals surface area contributed by atoms with Gasteiger partial charge >= 0.3 is 5.97 Å². The lowest BCUT2D eigenvalue weighted by molar-refractivity contribution is -0.144. The summed E-state index contributed by atoms with van der Waals surface area (Å²) in [6.07, 6.45) is 2.50. The Bertz CT molecular complexity index is 936. The molecule has 1 heterocycles. The zero-order valence-electron chi connectivity index (χ0n) is 17.4. The van der Waals surface area contributed by atoms with Gasteiger partial charge in [0.25, 0.3) is 5.91 Å². The van der Waals surface area contributed by atoms with Crippen molar-refractivity contribution in [2.24, 2.45) is 0 Å². The Morgan fingerprint density at radius 3 is 2.59 bits per heavy atom. The van der Waals surface area contributed by atoms with Crippen LogP contribution in [0, 0.1) is 25.2 Å². The van der Waals surface area contributed by atoms with Crippen molar-refractivity contribution in [1.82, 2.24) is 9.88 Å². The van der Waals surface area contributed by atoms with Crippen LogP contribution in [-0.4, -0.2) is 23.1 Å². The van der Waals surface area contributed by atoms with Crippen LogP contribution in [0.1, 0.15) is 48.8 Å². The van der Waals surface area contributed by atoms with Gasteiger partial charge in [-0.05, 0) is 50.5 Å². The van der Waals surface area contributed by atoms with E-state index in [0.717, 1.165) is 35.5 Å². The minimum absolute atomic E-state index is 0.134. The molecule has 0 radical (unpaired) electrons. The van der Waals surface area contributed by atoms with Gasteiger partial charge in [-0.3, -0.25) is 4.79 Å². The molecule has 0 spiro atoms. The highest BCUT2D eigenvalue weighted by atomic mass is 16.5. The van der Waals surface area contributed by atoms with Gasteiger partial charge < -0.3 is 14.6 Å². The first-order valence-corrected chi connectivity index (χ1v) is 9.67. The number of nitrogens with zero attached hydrogens (tertiary/aromatic N) is 2. The van der Waals surface area contributed by atoms with Crippen molar-refractivity contribution in [2.75, 3.05) is 6.61 Å². The normalized spacial score (nSPS) is 12.2. The van der Waals surface area contributed by atoms with Crippen LogP contribution < -0.4 is 5.32 Å². The number of carbonyl (C=O) groups is 2. The van der Waals surface area contributed by atoms with Crippen molar-refractivity contribution in [3.8, 4) is 6.07 Å². The summed E-state index contributed by atoms with van der Waals surface area (Å²) in [6, 6.07) is 13.1. The van der Waals surface area contributed by atoms with E-state index >= 15 is 0 Å². The third-order valence-corrected chi connectivity index (χ3v) is 4.71. The van der Waals surface area contributed by atoms with Gasteiger partial charge in [0.05, 0.1) is 6.04 Å². The summed E-state index contributed by atoms with van der Waals surface area (Å²) < 4.78 is 7.19. The molecule has 0 bridgehead atoms. The molecule has 0 aliphatic carbocycles. The largest absolute Gasteiger partial charge is 0.451 e. The van der Waals surface area contributed by atoms with Gasteiger partial charge in [0.2, 0.25) is 0 Å². The molecule has 1 aromatic heterocycles. The number of esters is 1. The minimum Gasteiger partial charge on any atom is -0.451 e. The molecule has 6 heteroatoms. The average Bonchev–Trinajstić information content (AvgIpc) is 2.98. The second-order valence-electron chi connectivity index (χ2n) is 6.92. The molecule has 2 rings (SSSR count). The smallest absolute Gasteiger partial charge is 0.349 e. The Kier molecular flexibility index (Phi) is 7.79. The van der Waals surface area contributed by atoms with E-state index in [-0.39, 0.29) is 11.6 Å². The van der Waals surface area contributed by atoms with Crippen LogP contribution in [0.5, 0.6) is 0 Å². The number of aromatic nitrogens is 1. The van der Waals surface area contributed by atoms with E-state index in [1.165, 1.54) is 6.08 Å². The number of ether oxygens (including phenoxy) is 1. The number of aryl methyl sites for hydroxylation is 1. The van der Waals surface area contributed by atoms with Crippen LogP contribution in [0.3, 0.4) is 0 Å². The number of nitrogens with one attached hydrogen (secondary N) is 1. The number of hydrogen-bond acceptors (Lipinski definition) is 4. The molecule has 29 heavy (non-hydrogen) atoms. The van der Waals surface area contributed by atoms with E-state index in [4.69, 9.17) is 4.74 Å². The topological polar surface area (TPSA) is 84.1 Å². The summed E-state index contributed by atoms with van der Waals surface area (Å²) in [5.74, 6) is -1.23. The van der Waals surface area contributed by atoms with Crippen molar-refractivity contribution in [1.29, 1.82) is 5.26 Å². The molecule has 2 aromatic rings. The van der Waals surface area contributed by atoms with Gasteiger partial charge in [-0.2, -0.15) is 5.26 Å². The Balaban J connectivity index is 2.00. The molecule has 0 unspecified atom stereocenters. The molecular formula is C23H27N3O3. The second kappa shape index (κ2) is 10.3. The van der Waals surface area contributed by atoms with Gasteiger partial charge in [0.15, 0.2) is 6.61 Å². The van der Waals surface area contributed by atoms with E-state index in [1.54, 1.807) is 0 Å². The Morgan fingerprint density at radius 1 is 1.28 bits per heavy atom. The fourth-order valence-corrected chi connectivity index (χ4v) is 3.15. The lowest BCUT2D eigenvalue weighted by atomic mass is 10.1. The van der Waals surface area contributed by atoms with Crippen LogP contribution in [-0.2, 0) is 20.9 Å². The maximum absolute atomic E-state index is 12.3. The fraction of sp³-hybridized carbons (Fsp3) is 0.348. The molecule has 6 nitrogen and oxygen atoms in total. The molecule has 1 atom stereocenters. The number of hydrogen-bond donors (Lipinski definition) is 1. The van der Waals surface area contributed by atoms with E-state index < -0.39 is 18.5 Å². The van der Waals surface area contributed by atoms with Gasteiger partial charge in [-0.25, -0.2) is 4.79 Å². The first-order chi connectivity index (χ1) is 13.9. The highest BCUT2D eigenvalue weighted by Crippen LogP contribution is 2.19. The molecule has 0 aliphatic heterocycles. The SMILES string of the molecule is CCCn1c(C)cc(/C=C(\C#N)C(=O)OCC(=O)N[C@H](C)c2ccccc2)c1C. The van der Waals surface area contributed by atoms with Crippen LogP contribution in [0.4, 0.5) is 0 Å². The molecule has 0 saturated carbocycles. The van der Waals surface area contributed by atoms with E-state index in [9.17, 15) is 14.9 Å². The van der Waals surface area contributed by atoms with Gasteiger partial charge in [0, 0.05) is 17.9 Å². The van der Waals surface area contributed by atoms with Gasteiger partial charge in [0.1, 0.15) is 11.6 Å². The molecule has 152 valence electrons. The lowest BCUT2D eigenvalue weighted by Crippen LogP contribution is -2.31. The number of rotatable bonds is 8. The highest BCUT2D eigenvalue weighted by molar-refractivity contribution is 5.99. The lowest BCUT2D eigenvalue weighted by Gasteiger charge is -2.14. The molecule has 0 fully saturated rings. The first-order valence-electron chi connectivity index (χ1n) is 9.67. The zero-order valence-corrected chi connectivity index (χ0v) is 17.4. The van der Waals surface area contributed by atoms with Crippen LogP contribution in [0.2, 0.25) is 0 Å². The summed E-state index contributed by atoms with van der Waals surface area (Å²) in [5.41, 5.74) is 3.67. The predicted molar refractivity (Wildman–Crippen MR) is 112 cm³/mol. The first kappa shape index (κ1) is 22.0. The van der Waals surface area contributed by atoms with Crippen LogP contribution in [0.15, 0.2) is 42.0 Å². The fourth-order valence-electron chi connectivity index (χ4n) is 3.15. The summed E-state index contributed by atoms with van der Waals surface area (Å²) in [6.45, 7) is 8.31. The number of benzene rings is 1. The molecule has 1 aromatic carbocycles. The van der Waals surface area contributed by atoms with E-state index in [0.29, 0.717) is 0 Å². The maximum atomic E-state index is 12.3. The van der Waals surface area contributed by atoms with Crippen molar-refractivity contribution in [2.45, 2.75) is 46.7 Å². The van der Waals surface area contributed by atoms with Gasteiger partial charge in [-0.15, -0.1) is 0 Å². The van der Waals surface area contributed by atoms with Crippen molar-refractivity contribution in [3.05, 3.63) is 64.5 Å². The number of nitriles is 1. The third-order valence-electron chi connectivity index (χ3n) is 4.71. The average molecular weight is 393 g/mol. The minimum atomic E-state index is -0.810. The van der Waals surface area contributed by atoms with Crippen molar-refractivity contribution in [3.63, 3.8) is 0 Å². The van der Waals surface area contributed by atoms with E-state index in [2.05, 4.69) is 16.8 Å². The molecule has 1 N–H and O–H groups in total. The maximum Gasteiger partial charge on any atom is 0.349 e. The molecular weight excluding hydrogens is 366 g/mol. The molecule has 1 amide bonds. The standard InChI is InChI=1S/C23H27N3O3/c1-5-11-26-16(2)12-20(18(26)4)13-21(14-24)23(28)29-15-22(27)25-17(3)19-9-7-6-8-10-19/h6-10,12-13,17H,5,11,15H2,1-4H3,(H,25,27)/b21-13+/t17-/m1/s1. The Morgan fingerprint density at radius 2 is 1.97 bits per heavy atom. The van der Waals surface area contributed by atoms with Crippen molar-refractivity contribution < 1.29 is 14.3 Å². The predicted octanol–water partition coefficient (Wildman–Crippen LogP) is 3.84. The summed E-state index contributed by atoms with van der Waals surface area (Å²) in [4.78, 5) is 24.3. The van der Waals surface area contributed by atoms with Crippen LogP contribution in [0.25, 0.3) is 6.08 Å².